The Balaban J connectivity index is 1.57. The molecule has 0 radical (unpaired) electrons. The molecule has 2 saturated heterocycles. The van der Waals surface area contributed by atoms with Gasteiger partial charge in [0.2, 0.25) is 0 Å². The second-order valence-corrected chi connectivity index (χ2v) is 5.33. The molecule has 2 aliphatic heterocycles. The number of rotatable bonds is 5. The Labute approximate surface area is 99.3 Å². The average Bonchev–Trinajstić information content (AvgIpc) is 2.81. The molecule has 2 N–H and O–H groups in total. The van der Waals surface area contributed by atoms with Crippen LogP contribution in [-0.2, 0) is 4.74 Å². The molecule has 0 aliphatic carbocycles. The van der Waals surface area contributed by atoms with Crippen LogP contribution in [0, 0.1) is 0 Å². The Morgan fingerprint density at radius 1 is 1.31 bits per heavy atom. The van der Waals surface area contributed by atoms with E-state index in [0.717, 1.165) is 19.2 Å². The lowest BCUT2D eigenvalue weighted by atomic mass is 10.1. The summed E-state index contributed by atoms with van der Waals surface area (Å²) in [5.74, 6) is 0. The molecule has 16 heavy (non-hydrogen) atoms. The van der Waals surface area contributed by atoms with Crippen molar-refractivity contribution < 1.29 is 4.74 Å². The van der Waals surface area contributed by atoms with Crippen LogP contribution >= 0.6 is 0 Å². The Bertz CT molecular complexity index is 186. The number of nitrogens with one attached hydrogen (secondary N) is 2. The van der Waals surface area contributed by atoms with Gasteiger partial charge in [0.15, 0.2) is 0 Å². The van der Waals surface area contributed by atoms with Gasteiger partial charge in [-0.1, -0.05) is 0 Å². The minimum Gasteiger partial charge on any atom is -0.377 e. The van der Waals surface area contributed by atoms with Crippen molar-refractivity contribution in [2.45, 2.75) is 63.6 Å². The summed E-state index contributed by atoms with van der Waals surface area (Å²) in [4.78, 5) is 0. The monoisotopic (exact) mass is 226 g/mol. The normalized spacial score (nSPS) is 32.8. The Morgan fingerprint density at radius 2 is 2.25 bits per heavy atom. The van der Waals surface area contributed by atoms with Gasteiger partial charge in [-0.3, -0.25) is 0 Å². The fraction of sp³-hybridized carbons (Fsp3) is 1.00. The van der Waals surface area contributed by atoms with E-state index in [-0.39, 0.29) is 0 Å². The Morgan fingerprint density at radius 3 is 2.94 bits per heavy atom. The summed E-state index contributed by atoms with van der Waals surface area (Å²) in [5, 5.41) is 7.17. The van der Waals surface area contributed by atoms with E-state index < -0.39 is 0 Å². The lowest BCUT2D eigenvalue weighted by Crippen LogP contribution is -2.39. The van der Waals surface area contributed by atoms with Crippen LogP contribution in [0.25, 0.3) is 0 Å². The lowest BCUT2D eigenvalue weighted by molar-refractivity contribution is 0.0154. The van der Waals surface area contributed by atoms with E-state index in [2.05, 4.69) is 17.6 Å². The van der Waals surface area contributed by atoms with E-state index in [9.17, 15) is 0 Å². The molecule has 2 aliphatic rings. The fourth-order valence-electron chi connectivity index (χ4n) is 2.77. The number of hydrogen-bond acceptors (Lipinski definition) is 3. The van der Waals surface area contributed by atoms with Gasteiger partial charge >= 0.3 is 0 Å². The average molecular weight is 226 g/mol. The second-order valence-electron chi connectivity index (χ2n) is 5.33. The highest BCUT2D eigenvalue weighted by molar-refractivity contribution is 4.79. The molecule has 2 rings (SSSR count). The van der Waals surface area contributed by atoms with E-state index in [1.54, 1.807) is 0 Å². The molecule has 2 fully saturated rings. The molecular formula is C13H26N2O. The SMILES string of the molecule is CC(CC1CCCN1)NCC1CCCCO1. The maximum atomic E-state index is 5.72. The van der Waals surface area contributed by atoms with Crippen molar-refractivity contribution in [3.05, 3.63) is 0 Å². The summed E-state index contributed by atoms with van der Waals surface area (Å²) in [6.07, 6.45) is 8.25. The molecule has 3 atom stereocenters. The Kier molecular flexibility index (Phi) is 5.07. The zero-order valence-corrected chi connectivity index (χ0v) is 10.5. The van der Waals surface area contributed by atoms with Gasteiger partial charge in [-0.2, -0.15) is 0 Å². The molecule has 0 saturated carbocycles. The van der Waals surface area contributed by atoms with Crippen molar-refractivity contribution in [1.29, 1.82) is 0 Å². The maximum absolute atomic E-state index is 5.72. The van der Waals surface area contributed by atoms with Crippen molar-refractivity contribution in [2.75, 3.05) is 19.7 Å². The van der Waals surface area contributed by atoms with E-state index in [1.807, 2.05) is 0 Å². The first-order chi connectivity index (χ1) is 7.84. The molecule has 0 aromatic heterocycles. The van der Waals surface area contributed by atoms with Crippen molar-refractivity contribution in [2.24, 2.45) is 0 Å². The van der Waals surface area contributed by atoms with Crippen LogP contribution in [-0.4, -0.2) is 37.9 Å². The minimum absolute atomic E-state index is 0.465. The van der Waals surface area contributed by atoms with Crippen LogP contribution in [0.3, 0.4) is 0 Å². The predicted molar refractivity (Wildman–Crippen MR) is 66.7 cm³/mol. The third-order valence-corrected chi connectivity index (χ3v) is 3.77. The van der Waals surface area contributed by atoms with Gasteiger partial charge in [0.05, 0.1) is 6.10 Å². The number of hydrogen-bond donors (Lipinski definition) is 2. The highest BCUT2D eigenvalue weighted by atomic mass is 16.5. The van der Waals surface area contributed by atoms with Crippen LogP contribution in [0.5, 0.6) is 0 Å². The van der Waals surface area contributed by atoms with E-state index in [0.29, 0.717) is 12.1 Å². The highest BCUT2D eigenvalue weighted by Crippen LogP contribution is 2.13. The summed E-state index contributed by atoms with van der Waals surface area (Å²) >= 11 is 0. The third-order valence-electron chi connectivity index (χ3n) is 3.77. The van der Waals surface area contributed by atoms with Crippen LogP contribution < -0.4 is 10.6 Å². The largest absolute Gasteiger partial charge is 0.377 e. The first-order valence-electron chi connectivity index (χ1n) is 6.93. The first kappa shape index (κ1) is 12.3. The summed E-state index contributed by atoms with van der Waals surface area (Å²) in [6.45, 7) is 5.50. The van der Waals surface area contributed by atoms with E-state index >= 15 is 0 Å². The summed E-state index contributed by atoms with van der Waals surface area (Å²) in [5.41, 5.74) is 0. The predicted octanol–water partition coefficient (Wildman–Crippen LogP) is 1.68. The second kappa shape index (κ2) is 6.58. The van der Waals surface area contributed by atoms with Gasteiger partial charge in [0.25, 0.3) is 0 Å². The quantitative estimate of drug-likeness (QED) is 0.748. The van der Waals surface area contributed by atoms with E-state index in [1.165, 1.54) is 45.1 Å². The van der Waals surface area contributed by atoms with Crippen LogP contribution in [0.2, 0.25) is 0 Å². The standard InChI is InChI=1S/C13H26N2O/c1-11(9-12-5-4-7-14-12)15-10-13-6-2-3-8-16-13/h11-15H,2-10H2,1H3. The fourth-order valence-corrected chi connectivity index (χ4v) is 2.77. The van der Waals surface area contributed by atoms with Gasteiger partial charge in [-0.25, -0.2) is 0 Å². The highest BCUT2D eigenvalue weighted by Gasteiger charge is 2.18. The molecule has 0 spiro atoms. The van der Waals surface area contributed by atoms with E-state index in [4.69, 9.17) is 4.74 Å². The van der Waals surface area contributed by atoms with Gasteiger partial charge < -0.3 is 15.4 Å². The molecule has 0 aromatic carbocycles. The topological polar surface area (TPSA) is 33.3 Å². The molecule has 2 heterocycles. The molecule has 94 valence electrons. The van der Waals surface area contributed by atoms with Crippen molar-refractivity contribution in [3.8, 4) is 0 Å². The first-order valence-corrected chi connectivity index (χ1v) is 6.93. The van der Waals surface area contributed by atoms with Gasteiger partial charge in [-0.05, 0) is 52.0 Å². The van der Waals surface area contributed by atoms with Gasteiger partial charge in [-0.15, -0.1) is 0 Å². The summed E-state index contributed by atoms with van der Waals surface area (Å²) in [6, 6.07) is 1.36. The molecule has 3 unspecified atom stereocenters. The molecule has 0 bridgehead atoms. The Hall–Kier alpha value is -0.120. The van der Waals surface area contributed by atoms with Gasteiger partial charge in [0, 0.05) is 25.2 Å². The van der Waals surface area contributed by atoms with Crippen molar-refractivity contribution >= 4 is 0 Å². The molecule has 0 aromatic rings. The summed E-state index contributed by atoms with van der Waals surface area (Å²) < 4.78 is 5.72. The smallest absolute Gasteiger partial charge is 0.0699 e. The molecule has 3 heteroatoms. The van der Waals surface area contributed by atoms with Gasteiger partial charge in [0.1, 0.15) is 0 Å². The zero-order valence-electron chi connectivity index (χ0n) is 10.5. The van der Waals surface area contributed by atoms with Crippen LogP contribution in [0.1, 0.15) is 45.4 Å². The maximum Gasteiger partial charge on any atom is 0.0699 e. The molecular weight excluding hydrogens is 200 g/mol. The summed E-state index contributed by atoms with van der Waals surface area (Å²) in [7, 11) is 0. The third kappa shape index (κ3) is 4.04. The molecule has 3 nitrogen and oxygen atoms in total. The van der Waals surface area contributed by atoms with Crippen LogP contribution in [0.4, 0.5) is 0 Å². The van der Waals surface area contributed by atoms with Crippen molar-refractivity contribution in [1.82, 2.24) is 10.6 Å². The zero-order chi connectivity index (χ0) is 11.2. The number of ether oxygens (including phenoxy) is 1. The lowest BCUT2D eigenvalue weighted by Gasteiger charge is -2.25. The molecule has 0 amide bonds. The van der Waals surface area contributed by atoms with Crippen molar-refractivity contribution in [3.63, 3.8) is 0 Å². The van der Waals surface area contributed by atoms with Crippen LogP contribution in [0.15, 0.2) is 0 Å². The minimum atomic E-state index is 0.465.